The zero-order valence-corrected chi connectivity index (χ0v) is 20.7. The largest absolute Gasteiger partial charge is 0.497 e. The standard InChI is InChI=1S/C23H27N7O.HI/c1-15-4-9-19-17(13-26-20(19)12-15)10-11-25-23(24-2)27-14-21-28-22(30-29-21)16-5-7-18(31-3)8-6-16;/h4-9,12-13,26H,10-11,14H2,1-3H3,(H2,24,25,27)(H,28,29,30);1H. The highest BCUT2D eigenvalue weighted by atomic mass is 127. The molecule has 8 nitrogen and oxygen atoms in total. The average molecular weight is 545 g/mol. The van der Waals surface area contributed by atoms with Crippen LogP contribution in [0.4, 0.5) is 0 Å². The predicted octanol–water partition coefficient (Wildman–Crippen LogP) is 3.80. The summed E-state index contributed by atoms with van der Waals surface area (Å²) >= 11 is 0. The van der Waals surface area contributed by atoms with E-state index in [-0.39, 0.29) is 24.0 Å². The van der Waals surface area contributed by atoms with E-state index in [1.165, 1.54) is 22.0 Å². The van der Waals surface area contributed by atoms with Gasteiger partial charge < -0.3 is 20.4 Å². The third kappa shape index (κ3) is 5.58. The van der Waals surface area contributed by atoms with Gasteiger partial charge in [0.05, 0.1) is 13.7 Å². The Hall–Kier alpha value is -3.08. The minimum absolute atomic E-state index is 0. The number of benzene rings is 2. The number of halogens is 1. The van der Waals surface area contributed by atoms with Crippen molar-refractivity contribution in [3.05, 3.63) is 65.6 Å². The maximum absolute atomic E-state index is 5.19. The van der Waals surface area contributed by atoms with Gasteiger partial charge in [0.15, 0.2) is 11.8 Å². The van der Waals surface area contributed by atoms with Crippen molar-refractivity contribution in [2.45, 2.75) is 19.9 Å². The molecule has 0 atom stereocenters. The van der Waals surface area contributed by atoms with Crippen LogP contribution in [0.3, 0.4) is 0 Å². The molecule has 0 unspecified atom stereocenters. The van der Waals surface area contributed by atoms with Crippen molar-refractivity contribution >= 4 is 40.8 Å². The van der Waals surface area contributed by atoms with Crippen molar-refractivity contribution in [3.63, 3.8) is 0 Å². The average Bonchev–Trinajstić information content (AvgIpc) is 3.43. The van der Waals surface area contributed by atoms with Crippen molar-refractivity contribution in [1.29, 1.82) is 0 Å². The van der Waals surface area contributed by atoms with E-state index < -0.39 is 0 Å². The van der Waals surface area contributed by atoms with E-state index in [1.54, 1.807) is 14.2 Å². The summed E-state index contributed by atoms with van der Waals surface area (Å²) in [5.74, 6) is 2.91. The molecule has 2 aromatic heterocycles. The van der Waals surface area contributed by atoms with Crippen molar-refractivity contribution in [2.24, 2.45) is 4.99 Å². The lowest BCUT2D eigenvalue weighted by atomic mass is 10.1. The summed E-state index contributed by atoms with van der Waals surface area (Å²) in [4.78, 5) is 12.2. The van der Waals surface area contributed by atoms with Crippen LogP contribution in [0.15, 0.2) is 53.7 Å². The second-order valence-corrected chi connectivity index (χ2v) is 7.30. The molecule has 0 bridgehead atoms. The van der Waals surface area contributed by atoms with Crippen LogP contribution in [0.5, 0.6) is 5.75 Å². The van der Waals surface area contributed by atoms with Gasteiger partial charge in [-0.2, -0.15) is 5.10 Å². The lowest BCUT2D eigenvalue weighted by Crippen LogP contribution is -2.38. The zero-order chi connectivity index (χ0) is 21.6. The first-order valence-electron chi connectivity index (χ1n) is 10.2. The number of nitrogens with one attached hydrogen (secondary N) is 4. The van der Waals surface area contributed by atoms with Crippen molar-refractivity contribution < 1.29 is 4.74 Å². The van der Waals surface area contributed by atoms with Gasteiger partial charge in [0, 0.05) is 36.3 Å². The van der Waals surface area contributed by atoms with Crippen molar-refractivity contribution in [1.82, 2.24) is 30.8 Å². The number of aliphatic imine (C=N–C) groups is 1. The molecule has 0 aliphatic heterocycles. The Bertz CT molecular complexity index is 1180. The number of rotatable bonds is 7. The van der Waals surface area contributed by atoms with Gasteiger partial charge in [0.25, 0.3) is 0 Å². The van der Waals surface area contributed by atoms with Gasteiger partial charge in [-0.1, -0.05) is 12.1 Å². The van der Waals surface area contributed by atoms with Crippen molar-refractivity contribution in [2.75, 3.05) is 20.7 Å². The molecule has 0 aliphatic rings. The molecule has 0 saturated heterocycles. The molecule has 2 aromatic carbocycles. The first-order chi connectivity index (χ1) is 15.2. The Balaban J connectivity index is 0.00000289. The second-order valence-electron chi connectivity index (χ2n) is 7.30. The van der Waals surface area contributed by atoms with Crippen LogP contribution < -0.4 is 15.4 Å². The minimum atomic E-state index is 0. The van der Waals surface area contributed by atoms with E-state index in [0.29, 0.717) is 12.4 Å². The van der Waals surface area contributed by atoms with Gasteiger partial charge in [-0.15, -0.1) is 24.0 Å². The molecule has 9 heteroatoms. The number of nitrogens with zero attached hydrogens (tertiary/aromatic N) is 3. The summed E-state index contributed by atoms with van der Waals surface area (Å²) in [6.07, 6.45) is 2.98. The normalized spacial score (nSPS) is 11.3. The van der Waals surface area contributed by atoms with Crippen LogP contribution in [-0.4, -0.2) is 46.8 Å². The SMILES string of the molecule is CN=C(NCCc1c[nH]c2cc(C)ccc12)NCc1nc(-c2ccc(OC)cc2)n[nH]1.I. The van der Waals surface area contributed by atoms with Gasteiger partial charge in [-0.05, 0) is 54.8 Å². The summed E-state index contributed by atoms with van der Waals surface area (Å²) < 4.78 is 5.19. The Morgan fingerprint density at radius 1 is 1.12 bits per heavy atom. The lowest BCUT2D eigenvalue weighted by molar-refractivity contribution is 0.415. The van der Waals surface area contributed by atoms with Crippen LogP contribution in [0.25, 0.3) is 22.3 Å². The number of ether oxygens (including phenoxy) is 1. The van der Waals surface area contributed by atoms with E-state index in [4.69, 9.17) is 4.74 Å². The Morgan fingerprint density at radius 3 is 2.69 bits per heavy atom. The van der Waals surface area contributed by atoms with Crippen LogP contribution in [-0.2, 0) is 13.0 Å². The second kappa shape index (κ2) is 11.0. The fourth-order valence-corrected chi connectivity index (χ4v) is 3.45. The van der Waals surface area contributed by atoms with E-state index in [9.17, 15) is 0 Å². The van der Waals surface area contributed by atoms with Gasteiger partial charge in [-0.25, -0.2) is 4.98 Å². The summed E-state index contributed by atoms with van der Waals surface area (Å²) in [7, 11) is 3.40. The number of hydrogen-bond donors (Lipinski definition) is 4. The predicted molar refractivity (Wildman–Crippen MR) is 139 cm³/mol. The quantitative estimate of drug-likeness (QED) is 0.161. The minimum Gasteiger partial charge on any atom is -0.497 e. The van der Waals surface area contributed by atoms with E-state index >= 15 is 0 Å². The fourth-order valence-electron chi connectivity index (χ4n) is 3.45. The first-order valence-corrected chi connectivity index (χ1v) is 10.2. The van der Waals surface area contributed by atoms with Crippen LogP contribution in [0, 0.1) is 6.92 Å². The molecular weight excluding hydrogens is 517 g/mol. The summed E-state index contributed by atoms with van der Waals surface area (Å²) in [6, 6.07) is 14.1. The van der Waals surface area contributed by atoms with E-state index in [0.717, 1.165) is 36.1 Å². The molecule has 0 radical (unpaired) electrons. The highest BCUT2D eigenvalue weighted by Crippen LogP contribution is 2.20. The molecule has 0 amide bonds. The Morgan fingerprint density at radius 2 is 1.94 bits per heavy atom. The molecule has 0 saturated carbocycles. The lowest BCUT2D eigenvalue weighted by Gasteiger charge is -2.10. The van der Waals surface area contributed by atoms with Crippen molar-refractivity contribution in [3.8, 4) is 17.1 Å². The van der Waals surface area contributed by atoms with E-state index in [2.05, 4.69) is 67.1 Å². The monoisotopic (exact) mass is 545 g/mol. The number of H-pyrrole nitrogens is 2. The molecule has 0 fully saturated rings. The van der Waals surface area contributed by atoms with Gasteiger partial charge in [0.1, 0.15) is 11.6 Å². The number of guanidine groups is 1. The van der Waals surface area contributed by atoms with Gasteiger partial charge in [0.2, 0.25) is 0 Å². The molecule has 0 aliphatic carbocycles. The number of aromatic amines is 2. The van der Waals surface area contributed by atoms with Gasteiger partial charge >= 0.3 is 0 Å². The first kappa shape index (κ1) is 23.6. The molecule has 0 spiro atoms. The Kier molecular flexibility index (Phi) is 8.09. The summed E-state index contributed by atoms with van der Waals surface area (Å²) in [6.45, 7) is 3.37. The molecule has 4 N–H and O–H groups in total. The maximum Gasteiger partial charge on any atom is 0.191 e. The fraction of sp³-hybridized carbons (Fsp3) is 0.261. The van der Waals surface area contributed by atoms with Crippen LogP contribution in [0.2, 0.25) is 0 Å². The number of aromatic nitrogens is 4. The third-order valence-electron chi connectivity index (χ3n) is 5.14. The molecule has 2 heterocycles. The zero-order valence-electron chi connectivity index (χ0n) is 18.4. The number of hydrogen-bond acceptors (Lipinski definition) is 4. The smallest absolute Gasteiger partial charge is 0.191 e. The highest BCUT2D eigenvalue weighted by molar-refractivity contribution is 14.0. The van der Waals surface area contributed by atoms with Crippen LogP contribution in [0.1, 0.15) is 17.0 Å². The molecule has 4 rings (SSSR count). The maximum atomic E-state index is 5.19. The van der Waals surface area contributed by atoms with E-state index in [1.807, 2.05) is 24.3 Å². The summed E-state index contributed by atoms with van der Waals surface area (Å²) in [5, 5.41) is 15.2. The molecular formula is C23H28IN7O. The third-order valence-corrected chi connectivity index (χ3v) is 5.14. The molecule has 32 heavy (non-hydrogen) atoms. The Labute approximate surface area is 204 Å². The number of aryl methyl sites for hydroxylation is 1. The molecule has 4 aromatic rings. The summed E-state index contributed by atoms with van der Waals surface area (Å²) in [5.41, 5.74) is 4.65. The van der Waals surface area contributed by atoms with Gasteiger partial charge in [-0.3, -0.25) is 10.1 Å². The molecule has 168 valence electrons. The number of methoxy groups -OCH3 is 1. The topological polar surface area (TPSA) is 103 Å². The van der Waals surface area contributed by atoms with Crippen LogP contribution >= 0.6 is 24.0 Å². The highest BCUT2D eigenvalue weighted by Gasteiger charge is 2.08. The number of fused-ring (bicyclic) bond motifs is 1.